The third kappa shape index (κ3) is 2.33. The molecule has 102 valence electrons. The van der Waals surface area contributed by atoms with Gasteiger partial charge in [0.05, 0.1) is 6.04 Å². The zero-order chi connectivity index (χ0) is 13.5. The minimum Gasteiger partial charge on any atom is -0.363 e. The Labute approximate surface area is 127 Å². The van der Waals surface area contributed by atoms with Crippen molar-refractivity contribution in [2.45, 2.75) is 37.6 Å². The van der Waals surface area contributed by atoms with Gasteiger partial charge in [-0.2, -0.15) is 0 Å². The van der Waals surface area contributed by atoms with Gasteiger partial charge in [0.1, 0.15) is 11.6 Å². The summed E-state index contributed by atoms with van der Waals surface area (Å²) in [5.41, 5.74) is 2.84. The summed E-state index contributed by atoms with van der Waals surface area (Å²) >= 11 is 3.54. The van der Waals surface area contributed by atoms with Gasteiger partial charge in [-0.15, -0.1) is 0 Å². The lowest BCUT2D eigenvalue weighted by Gasteiger charge is -2.15. The van der Waals surface area contributed by atoms with Crippen molar-refractivity contribution >= 4 is 21.7 Å². The highest BCUT2D eigenvalue weighted by atomic mass is 79.9. The van der Waals surface area contributed by atoms with Crippen molar-refractivity contribution in [1.82, 2.24) is 9.97 Å². The lowest BCUT2D eigenvalue weighted by atomic mass is 10.1. The van der Waals surface area contributed by atoms with E-state index in [0.29, 0.717) is 12.0 Å². The molecule has 0 spiro atoms. The van der Waals surface area contributed by atoms with E-state index >= 15 is 0 Å². The summed E-state index contributed by atoms with van der Waals surface area (Å²) in [6.07, 6.45) is 6.62. The Kier molecular flexibility index (Phi) is 2.99. The van der Waals surface area contributed by atoms with Crippen LogP contribution in [0.25, 0.3) is 0 Å². The fraction of sp³-hybridized carbons (Fsp3) is 0.375. The van der Waals surface area contributed by atoms with Crippen molar-refractivity contribution in [2.24, 2.45) is 0 Å². The predicted molar refractivity (Wildman–Crippen MR) is 82.8 cm³/mol. The first-order chi connectivity index (χ1) is 9.79. The van der Waals surface area contributed by atoms with Gasteiger partial charge in [0.25, 0.3) is 0 Å². The molecule has 0 saturated heterocycles. The molecule has 0 amide bonds. The maximum atomic E-state index is 4.66. The summed E-state index contributed by atoms with van der Waals surface area (Å²) in [4.78, 5) is 9.03. The van der Waals surface area contributed by atoms with E-state index < -0.39 is 0 Å². The molecule has 4 rings (SSSR count). The Bertz CT molecular complexity index is 652. The van der Waals surface area contributed by atoms with Crippen molar-refractivity contribution in [1.29, 1.82) is 0 Å². The van der Waals surface area contributed by atoms with Crippen LogP contribution >= 0.6 is 15.9 Å². The fourth-order valence-corrected chi connectivity index (χ4v) is 3.32. The number of nitrogens with zero attached hydrogens (tertiary/aromatic N) is 2. The highest BCUT2D eigenvalue weighted by Gasteiger charge is 2.27. The molecule has 1 aromatic carbocycles. The van der Waals surface area contributed by atoms with Gasteiger partial charge >= 0.3 is 0 Å². The molecule has 2 aliphatic carbocycles. The number of halogens is 1. The number of hydrogen-bond acceptors (Lipinski definition) is 3. The Hall–Kier alpha value is -1.42. The average molecular weight is 330 g/mol. The number of aromatic nitrogens is 2. The lowest BCUT2D eigenvalue weighted by molar-refractivity contribution is 0.753. The minimum atomic E-state index is 0.375. The topological polar surface area (TPSA) is 37.8 Å². The first-order valence-corrected chi connectivity index (χ1v) is 7.97. The van der Waals surface area contributed by atoms with E-state index in [2.05, 4.69) is 49.4 Å². The highest BCUT2D eigenvalue weighted by molar-refractivity contribution is 9.10. The van der Waals surface area contributed by atoms with Crippen LogP contribution in [0.5, 0.6) is 0 Å². The van der Waals surface area contributed by atoms with Gasteiger partial charge in [-0.05, 0) is 55.0 Å². The van der Waals surface area contributed by atoms with Crippen LogP contribution in [0.2, 0.25) is 0 Å². The minimum absolute atomic E-state index is 0.375. The second-order valence-electron chi connectivity index (χ2n) is 5.65. The molecule has 20 heavy (non-hydrogen) atoms. The smallest absolute Gasteiger partial charge is 0.133 e. The van der Waals surface area contributed by atoms with Gasteiger partial charge in [0.2, 0.25) is 0 Å². The summed E-state index contributed by atoms with van der Waals surface area (Å²) in [5, 5.41) is 3.57. The molecule has 1 atom stereocenters. The molecular formula is C16H16BrN3. The molecule has 1 fully saturated rings. The van der Waals surface area contributed by atoms with E-state index in [4.69, 9.17) is 0 Å². The van der Waals surface area contributed by atoms with Gasteiger partial charge in [-0.1, -0.05) is 22.0 Å². The molecule has 1 saturated carbocycles. The molecule has 0 aliphatic heterocycles. The number of fused-ring (bicyclic) bond motifs is 1. The van der Waals surface area contributed by atoms with Crippen LogP contribution in [0, 0.1) is 0 Å². The van der Waals surface area contributed by atoms with Gasteiger partial charge in [-0.3, -0.25) is 0 Å². The molecule has 3 nitrogen and oxygen atoms in total. The number of nitrogens with one attached hydrogen (secondary N) is 1. The SMILES string of the molecule is Brc1ccc2c(c1)CCC2Nc1ccnc(C2CC2)n1. The summed E-state index contributed by atoms with van der Waals surface area (Å²) in [5.74, 6) is 2.57. The molecule has 1 aromatic heterocycles. The summed E-state index contributed by atoms with van der Waals surface area (Å²) < 4.78 is 1.16. The zero-order valence-corrected chi connectivity index (χ0v) is 12.7. The molecule has 1 N–H and O–H groups in total. The Morgan fingerprint density at radius 2 is 2.05 bits per heavy atom. The molecule has 1 heterocycles. The van der Waals surface area contributed by atoms with E-state index in [-0.39, 0.29) is 0 Å². The third-order valence-corrected chi connectivity index (χ3v) is 4.61. The first kappa shape index (κ1) is 12.3. The molecule has 4 heteroatoms. The lowest BCUT2D eigenvalue weighted by Crippen LogP contribution is -2.09. The van der Waals surface area contributed by atoms with Gasteiger partial charge in [-0.25, -0.2) is 9.97 Å². The fourth-order valence-electron chi connectivity index (χ4n) is 2.91. The monoisotopic (exact) mass is 329 g/mol. The maximum Gasteiger partial charge on any atom is 0.133 e. The van der Waals surface area contributed by atoms with Crippen LogP contribution in [0.3, 0.4) is 0 Å². The highest BCUT2D eigenvalue weighted by Crippen LogP contribution is 2.39. The quantitative estimate of drug-likeness (QED) is 0.916. The van der Waals surface area contributed by atoms with E-state index in [1.807, 2.05) is 12.3 Å². The number of anilines is 1. The van der Waals surface area contributed by atoms with Gasteiger partial charge < -0.3 is 5.32 Å². The van der Waals surface area contributed by atoms with Crippen LogP contribution in [0.4, 0.5) is 5.82 Å². The third-order valence-electron chi connectivity index (χ3n) is 4.12. The van der Waals surface area contributed by atoms with E-state index in [1.54, 1.807) is 0 Å². The summed E-state index contributed by atoms with van der Waals surface area (Å²) in [6.45, 7) is 0. The van der Waals surface area contributed by atoms with Gasteiger partial charge in [0, 0.05) is 16.6 Å². The van der Waals surface area contributed by atoms with Crippen LogP contribution in [0.15, 0.2) is 34.9 Å². The molecule has 2 aromatic rings. The van der Waals surface area contributed by atoms with Crippen molar-refractivity contribution in [3.05, 3.63) is 51.9 Å². The molecule has 2 aliphatic rings. The second-order valence-corrected chi connectivity index (χ2v) is 6.57. The van der Waals surface area contributed by atoms with Crippen molar-refractivity contribution < 1.29 is 0 Å². The van der Waals surface area contributed by atoms with Crippen LogP contribution < -0.4 is 5.32 Å². The average Bonchev–Trinajstić information content (AvgIpc) is 3.23. The Morgan fingerprint density at radius 3 is 2.90 bits per heavy atom. The van der Waals surface area contributed by atoms with E-state index in [0.717, 1.165) is 29.0 Å². The van der Waals surface area contributed by atoms with Gasteiger partial charge in [0.15, 0.2) is 0 Å². The summed E-state index contributed by atoms with van der Waals surface area (Å²) in [7, 11) is 0. The molecular weight excluding hydrogens is 314 g/mol. The van der Waals surface area contributed by atoms with Crippen LogP contribution in [-0.2, 0) is 6.42 Å². The zero-order valence-electron chi connectivity index (χ0n) is 11.1. The normalized spacial score (nSPS) is 20.8. The molecule has 0 radical (unpaired) electrons. The van der Waals surface area contributed by atoms with Crippen LogP contribution in [-0.4, -0.2) is 9.97 Å². The summed E-state index contributed by atoms with van der Waals surface area (Å²) in [6, 6.07) is 8.91. The second kappa shape index (κ2) is 4.85. The maximum absolute atomic E-state index is 4.66. The number of benzene rings is 1. The Balaban J connectivity index is 1.57. The van der Waals surface area contributed by atoms with Crippen molar-refractivity contribution in [3.63, 3.8) is 0 Å². The number of rotatable bonds is 3. The number of hydrogen-bond donors (Lipinski definition) is 1. The molecule has 1 unspecified atom stereocenters. The largest absolute Gasteiger partial charge is 0.363 e. The Morgan fingerprint density at radius 1 is 1.15 bits per heavy atom. The standard InChI is InChI=1S/C16H16BrN3/c17-12-4-5-13-11(9-12)3-6-14(13)19-15-7-8-18-16(20-15)10-1-2-10/h4-5,7-10,14H,1-3,6H2,(H,18,19,20). The number of aryl methyl sites for hydroxylation is 1. The van der Waals surface area contributed by atoms with E-state index in [9.17, 15) is 0 Å². The van der Waals surface area contributed by atoms with Crippen LogP contribution in [0.1, 0.15) is 48.2 Å². The first-order valence-electron chi connectivity index (χ1n) is 7.17. The van der Waals surface area contributed by atoms with Crippen molar-refractivity contribution in [2.75, 3.05) is 5.32 Å². The predicted octanol–water partition coefficient (Wildman–Crippen LogP) is 4.22. The van der Waals surface area contributed by atoms with Crippen molar-refractivity contribution in [3.8, 4) is 0 Å². The van der Waals surface area contributed by atoms with E-state index in [1.165, 1.54) is 24.0 Å². The molecule has 0 bridgehead atoms.